The van der Waals surface area contributed by atoms with Crippen molar-refractivity contribution in [3.05, 3.63) is 0 Å². The van der Waals surface area contributed by atoms with Crippen LogP contribution in [0.1, 0.15) is 0 Å². The molecule has 60 valence electrons. The molecule has 6 heteroatoms. The van der Waals surface area contributed by atoms with E-state index in [9.17, 15) is 4.79 Å². The number of carbonyl (C=O) groups is 1. The quantitative estimate of drug-likeness (QED) is 0.346. The molecule has 0 spiro atoms. The summed E-state index contributed by atoms with van der Waals surface area (Å²) in [5.41, 5.74) is 0. The van der Waals surface area contributed by atoms with Crippen molar-refractivity contribution >= 4 is 73.9 Å². The predicted molar refractivity (Wildman–Crippen MR) is 63.1 cm³/mol. The van der Waals surface area contributed by atoms with Crippen LogP contribution in [0.2, 0.25) is 0 Å². The molecule has 3 nitrogen and oxygen atoms in total. The third-order valence-electron chi connectivity index (χ3n) is 0.520. The maximum absolute atomic E-state index is 10.4. The van der Waals surface area contributed by atoms with Crippen molar-refractivity contribution in [2.24, 2.45) is 0 Å². The number of rotatable bonds is 2. The van der Waals surface area contributed by atoms with Gasteiger partial charge in [-0.1, -0.05) is 67.8 Å². The van der Waals surface area contributed by atoms with E-state index in [1.807, 2.05) is 0 Å². The van der Waals surface area contributed by atoms with Crippen molar-refractivity contribution in [1.29, 1.82) is 0 Å². The Bertz CT molecular complexity index is 119. The summed E-state index contributed by atoms with van der Waals surface area (Å²) >= 11 is 6.50. The molecule has 0 rings (SSSR count). The molecule has 0 heterocycles. The number of halogens is 3. The molecule has 0 aromatic heterocycles. The van der Waals surface area contributed by atoms with Gasteiger partial charge in [-0.2, -0.15) is 0 Å². The number of hydrogen-bond donors (Lipinski definition) is 0. The highest BCUT2D eigenvalue weighted by atomic mass is 127. The second-order valence-corrected chi connectivity index (χ2v) is 13.1. The molecule has 0 amide bonds. The van der Waals surface area contributed by atoms with E-state index in [1.54, 1.807) is 0 Å². The van der Waals surface area contributed by atoms with Crippen LogP contribution in [0.4, 0.5) is 4.79 Å². The second kappa shape index (κ2) is 5.17. The van der Waals surface area contributed by atoms with Crippen LogP contribution in [0.15, 0.2) is 0 Å². The molecule has 0 aromatic carbocycles. The van der Waals surface area contributed by atoms with Gasteiger partial charge in [0, 0.05) is 0 Å². The Balaban J connectivity index is 3.46. The van der Waals surface area contributed by atoms with Crippen LogP contribution in [0.25, 0.3) is 0 Å². The van der Waals surface area contributed by atoms with Crippen LogP contribution in [0.5, 0.6) is 0 Å². The lowest BCUT2D eigenvalue weighted by Crippen LogP contribution is -2.15. The van der Waals surface area contributed by atoms with Gasteiger partial charge in [-0.25, -0.2) is 4.79 Å². The van der Waals surface area contributed by atoms with Gasteiger partial charge in [-0.15, -0.1) is 0 Å². The third-order valence-corrected chi connectivity index (χ3v) is 1.45. The van der Waals surface area contributed by atoms with Gasteiger partial charge >= 0.3 is 6.16 Å². The summed E-state index contributed by atoms with van der Waals surface area (Å²) in [5.74, 6) is 0. The van der Waals surface area contributed by atoms with Gasteiger partial charge in [0.15, 0.2) is -0.565 Å². The molecule has 0 saturated heterocycles. The monoisotopic (exact) mass is 482 g/mol. The van der Waals surface area contributed by atoms with Crippen LogP contribution < -0.4 is 0 Å². The van der Waals surface area contributed by atoms with E-state index in [0.717, 1.165) is 0 Å². The molecule has 0 saturated carbocycles. The highest BCUT2D eigenvalue weighted by Gasteiger charge is 2.19. The molecule has 0 aliphatic rings. The van der Waals surface area contributed by atoms with Crippen molar-refractivity contribution in [1.82, 2.24) is 0 Å². The van der Waals surface area contributed by atoms with Gasteiger partial charge in [0.1, 0.15) is 6.61 Å². The fourth-order valence-electron chi connectivity index (χ4n) is 0.200. The number of hydrogen-bond acceptors (Lipinski definition) is 3. The number of carbonyl (C=O) groups excluding carboxylic acids is 1. The first-order chi connectivity index (χ1) is 4.45. The Kier molecular flexibility index (Phi) is 5.92. The Labute approximate surface area is 100 Å². The molecule has 10 heavy (non-hydrogen) atoms. The largest absolute Gasteiger partial charge is 0.508 e. The molecule has 0 atom stereocenters. The number of ether oxygens (including phenoxy) is 2. The molecule has 0 aromatic rings. The Morgan fingerprint density at radius 1 is 1.50 bits per heavy atom. The van der Waals surface area contributed by atoms with Gasteiger partial charge in [0.25, 0.3) is 0 Å². The lowest BCUT2D eigenvalue weighted by atomic mass is 10.9. The van der Waals surface area contributed by atoms with Crippen molar-refractivity contribution in [3.8, 4) is 0 Å². The summed E-state index contributed by atoms with van der Waals surface area (Å²) < 4.78 is 8.86. The summed E-state index contributed by atoms with van der Waals surface area (Å²) in [5, 5.41) is 0. The first-order valence-electron chi connectivity index (χ1n) is 2.23. The van der Waals surface area contributed by atoms with Crippen LogP contribution in [0.3, 0.4) is 0 Å². The van der Waals surface area contributed by atoms with Gasteiger partial charge < -0.3 is 9.47 Å². The third kappa shape index (κ3) is 7.57. The minimum absolute atomic E-state index is 0.0819. The first kappa shape index (κ1) is 11.5. The van der Waals surface area contributed by atoms with Crippen molar-refractivity contribution < 1.29 is 14.3 Å². The first-order valence-corrected chi connectivity index (χ1v) is 5.47. The molecular formula is C4H5I3O3. The molecule has 0 aliphatic heterocycles. The van der Waals surface area contributed by atoms with Crippen LogP contribution in [-0.4, -0.2) is 19.3 Å². The zero-order chi connectivity index (χ0) is 8.20. The van der Waals surface area contributed by atoms with E-state index in [4.69, 9.17) is 0 Å². The second-order valence-electron chi connectivity index (χ2n) is 1.36. The van der Waals surface area contributed by atoms with E-state index >= 15 is 0 Å². The fraction of sp³-hybridized carbons (Fsp3) is 0.750. The summed E-state index contributed by atoms with van der Waals surface area (Å²) in [6.45, 7) is 0.349. The maximum Gasteiger partial charge on any atom is 0.508 e. The Morgan fingerprint density at radius 3 is 2.30 bits per heavy atom. The summed E-state index contributed by atoms with van der Waals surface area (Å²) in [4.78, 5) is 10.4. The summed E-state index contributed by atoms with van der Waals surface area (Å²) in [6.07, 6.45) is -0.630. The van der Waals surface area contributed by atoms with Gasteiger partial charge in [0.05, 0.1) is 7.11 Å². The lowest BCUT2D eigenvalue weighted by molar-refractivity contribution is 0.0772. The molecule has 0 radical (unpaired) electrons. The average Bonchev–Trinajstić information content (AvgIpc) is 1.81. The number of alkyl halides is 3. The fourth-order valence-corrected chi connectivity index (χ4v) is 0.667. The standard InChI is InChI=1S/C4H5I3O3/c1-9-3(8)10-2-4(5,6)7/h2H2,1H3. The predicted octanol–water partition coefficient (Wildman–Crippen LogP) is 2.73. The van der Waals surface area contributed by atoms with Crippen molar-refractivity contribution in [2.75, 3.05) is 13.7 Å². The average molecular weight is 482 g/mol. The van der Waals surface area contributed by atoms with E-state index in [2.05, 4.69) is 77.2 Å². The molecule has 0 unspecified atom stereocenters. The van der Waals surface area contributed by atoms with Crippen molar-refractivity contribution in [2.45, 2.75) is -0.565 Å². The topological polar surface area (TPSA) is 35.5 Å². The molecule has 0 aliphatic carbocycles. The number of methoxy groups -OCH3 is 1. The van der Waals surface area contributed by atoms with Crippen LogP contribution >= 0.6 is 67.8 Å². The van der Waals surface area contributed by atoms with Crippen LogP contribution in [0, 0.1) is 0 Å². The van der Waals surface area contributed by atoms with Crippen molar-refractivity contribution in [3.63, 3.8) is 0 Å². The highest BCUT2D eigenvalue weighted by molar-refractivity contribution is 14.3. The zero-order valence-electron chi connectivity index (χ0n) is 5.07. The maximum atomic E-state index is 10.4. The lowest BCUT2D eigenvalue weighted by Gasteiger charge is -2.10. The van der Waals surface area contributed by atoms with E-state index in [1.165, 1.54) is 7.11 Å². The molecular weight excluding hydrogens is 477 g/mol. The molecule has 0 N–H and O–H groups in total. The van der Waals surface area contributed by atoms with Gasteiger partial charge in [-0.3, -0.25) is 0 Å². The summed E-state index contributed by atoms with van der Waals surface area (Å²) in [6, 6.07) is 0. The Hall–Kier alpha value is 1.46. The van der Waals surface area contributed by atoms with Gasteiger partial charge in [0.2, 0.25) is 0 Å². The minimum atomic E-state index is -0.630. The zero-order valence-corrected chi connectivity index (χ0v) is 11.5. The summed E-state index contributed by atoms with van der Waals surface area (Å²) in [7, 11) is 1.29. The smallest absolute Gasteiger partial charge is 0.438 e. The molecule has 0 fully saturated rings. The van der Waals surface area contributed by atoms with E-state index < -0.39 is 6.16 Å². The normalized spacial score (nSPS) is 10.8. The SMILES string of the molecule is COC(=O)OCC(I)(I)I. The Morgan fingerprint density at radius 2 is 2.00 bits per heavy atom. The van der Waals surface area contributed by atoms with E-state index in [0.29, 0.717) is 6.61 Å². The van der Waals surface area contributed by atoms with Gasteiger partial charge in [-0.05, 0) is 0 Å². The molecule has 0 bridgehead atoms. The van der Waals surface area contributed by atoms with Crippen LogP contribution in [-0.2, 0) is 9.47 Å². The minimum Gasteiger partial charge on any atom is -0.438 e. The highest BCUT2D eigenvalue weighted by Crippen LogP contribution is 2.35. The van der Waals surface area contributed by atoms with E-state index in [-0.39, 0.29) is -0.565 Å².